The minimum atomic E-state index is -1.84. The Morgan fingerprint density at radius 2 is 1.97 bits per heavy atom. The molecular weight excluding hydrogens is 406 g/mol. The molecule has 0 fully saturated rings. The van der Waals surface area contributed by atoms with Crippen LogP contribution < -0.4 is 10.5 Å². The van der Waals surface area contributed by atoms with E-state index in [0.29, 0.717) is 6.07 Å². The minimum absolute atomic E-state index is 0.120. The van der Waals surface area contributed by atoms with Crippen molar-refractivity contribution in [1.82, 2.24) is 5.01 Å². The summed E-state index contributed by atoms with van der Waals surface area (Å²) in [5, 5.41) is 4.94. The monoisotopic (exact) mass is 423 g/mol. The van der Waals surface area contributed by atoms with Crippen molar-refractivity contribution in [3.05, 3.63) is 64.7 Å². The molecule has 0 aliphatic carbocycles. The summed E-state index contributed by atoms with van der Waals surface area (Å²) >= 11 is 0. The molecule has 2 aromatic carbocycles. The van der Waals surface area contributed by atoms with E-state index in [2.05, 4.69) is 5.10 Å². The standard InChI is InChI=1S/C20H17F4N3O3/c1-10(28)27-20(30-19(26-27)14-6-12(21)2-3-16(14)23)11(4-5-25)9-29-18-15(20)7-13(22)8-17(18)24/h2-3,6-8,11H,4-5,9,25H2,1H3. The first-order chi connectivity index (χ1) is 14.3. The van der Waals surface area contributed by atoms with Crippen LogP contribution in [0.2, 0.25) is 0 Å². The summed E-state index contributed by atoms with van der Waals surface area (Å²) in [6.45, 7) is 1.19. The number of hydrogen-bond donors (Lipinski definition) is 1. The zero-order valence-electron chi connectivity index (χ0n) is 15.8. The van der Waals surface area contributed by atoms with E-state index in [1.54, 1.807) is 0 Å². The fraction of sp³-hybridized carbons (Fsp3) is 0.300. The van der Waals surface area contributed by atoms with Gasteiger partial charge in [-0.1, -0.05) is 0 Å². The van der Waals surface area contributed by atoms with Crippen LogP contribution in [0.25, 0.3) is 0 Å². The molecule has 2 atom stereocenters. The van der Waals surface area contributed by atoms with Gasteiger partial charge in [0.05, 0.1) is 23.7 Å². The van der Waals surface area contributed by atoms with Gasteiger partial charge >= 0.3 is 0 Å². The van der Waals surface area contributed by atoms with E-state index in [1.807, 2.05) is 0 Å². The Bertz CT molecular complexity index is 1060. The second kappa shape index (κ2) is 7.28. The van der Waals surface area contributed by atoms with Crippen molar-refractivity contribution in [2.45, 2.75) is 19.1 Å². The molecule has 2 aromatic rings. The largest absolute Gasteiger partial charge is 0.489 e. The number of benzene rings is 2. The highest BCUT2D eigenvalue weighted by Gasteiger charge is 2.58. The summed E-state index contributed by atoms with van der Waals surface area (Å²) in [4.78, 5) is 12.5. The lowest BCUT2D eigenvalue weighted by Gasteiger charge is -2.44. The van der Waals surface area contributed by atoms with Crippen LogP contribution in [0.15, 0.2) is 35.4 Å². The molecule has 158 valence electrons. The molecule has 2 N–H and O–H groups in total. The molecule has 0 saturated carbocycles. The Morgan fingerprint density at radius 3 is 2.67 bits per heavy atom. The van der Waals surface area contributed by atoms with Gasteiger partial charge in [0, 0.05) is 13.0 Å². The zero-order chi connectivity index (χ0) is 21.6. The highest BCUT2D eigenvalue weighted by atomic mass is 19.1. The Morgan fingerprint density at radius 1 is 1.20 bits per heavy atom. The first-order valence-corrected chi connectivity index (χ1v) is 9.14. The van der Waals surface area contributed by atoms with Gasteiger partial charge in [-0.3, -0.25) is 4.79 Å². The molecule has 2 heterocycles. The molecule has 0 radical (unpaired) electrons. The van der Waals surface area contributed by atoms with Gasteiger partial charge in [0.1, 0.15) is 17.5 Å². The molecule has 0 bridgehead atoms. The predicted molar refractivity (Wildman–Crippen MR) is 97.2 cm³/mol. The molecule has 0 saturated heterocycles. The molecule has 2 aliphatic rings. The van der Waals surface area contributed by atoms with Gasteiger partial charge in [-0.2, -0.15) is 5.01 Å². The number of nitrogens with two attached hydrogens (primary N) is 1. The highest BCUT2D eigenvalue weighted by Crippen LogP contribution is 2.51. The fourth-order valence-electron chi connectivity index (χ4n) is 3.85. The van der Waals surface area contributed by atoms with Crippen LogP contribution in [0.5, 0.6) is 5.75 Å². The molecule has 1 spiro atoms. The van der Waals surface area contributed by atoms with Gasteiger partial charge < -0.3 is 15.2 Å². The van der Waals surface area contributed by atoms with Crippen LogP contribution in [0.4, 0.5) is 17.6 Å². The first kappa shape index (κ1) is 20.1. The number of rotatable bonds is 3. The summed E-state index contributed by atoms with van der Waals surface area (Å²) in [6, 6.07) is 4.26. The van der Waals surface area contributed by atoms with Crippen molar-refractivity contribution in [2.24, 2.45) is 16.8 Å². The molecule has 2 unspecified atom stereocenters. The van der Waals surface area contributed by atoms with Crippen molar-refractivity contribution in [2.75, 3.05) is 13.2 Å². The van der Waals surface area contributed by atoms with Gasteiger partial charge in [-0.15, -0.1) is 5.10 Å². The predicted octanol–water partition coefficient (Wildman–Crippen LogP) is 2.99. The molecule has 30 heavy (non-hydrogen) atoms. The van der Waals surface area contributed by atoms with Crippen LogP contribution >= 0.6 is 0 Å². The Kier molecular flexibility index (Phi) is 4.89. The average molecular weight is 423 g/mol. The fourth-order valence-corrected chi connectivity index (χ4v) is 3.85. The van der Waals surface area contributed by atoms with E-state index in [0.717, 1.165) is 29.3 Å². The molecule has 4 rings (SSSR count). The van der Waals surface area contributed by atoms with Gasteiger partial charge in [-0.25, -0.2) is 17.6 Å². The third-order valence-electron chi connectivity index (χ3n) is 5.11. The zero-order valence-corrected chi connectivity index (χ0v) is 15.8. The van der Waals surface area contributed by atoms with Crippen molar-refractivity contribution in [1.29, 1.82) is 0 Å². The number of hydrogen-bond acceptors (Lipinski definition) is 5. The summed E-state index contributed by atoms with van der Waals surface area (Å²) in [5.74, 6) is -5.57. The van der Waals surface area contributed by atoms with Crippen molar-refractivity contribution in [3.8, 4) is 5.75 Å². The maximum absolute atomic E-state index is 14.5. The average Bonchev–Trinajstić information content (AvgIpc) is 3.08. The van der Waals surface area contributed by atoms with E-state index >= 15 is 0 Å². The topological polar surface area (TPSA) is 77.2 Å². The lowest BCUT2D eigenvalue weighted by Crippen LogP contribution is -2.54. The van der Waals surface area contributed by atoms with E-state index in [4.69, 9.17) is 15.2 Å². The van der Waals surface area contributed by atoms with Crippen LogP contribution in [0, 0.1) is 29.2 Å². The Hall–Kier alpha value is -3.14. The van der Waals surface area contributed by atoms with Gasteiger partial charge in [0.2, 0.25) is 17.5 Å². The van der Waals surface area contributed by atoms with E-state index in [1.165, 1.54) is 6.92 Å². The normalized spacial score (nSPS) is 22.4. The van der Waals surface area contributed by atoms with E-state index < -0.39 is 46.7 Å². The lowest BCUT2D eigenvalue weighted by molar-refractivity contribution is -0.169. The van der Waals surface area contributed by atoms with Crippen molar-refractivity contribution >= 4 is 11.8 Å². The summed E-state index contributed by atoms with van der Waals surface area (Å²) in [6.07, 6.45) is 0.232. The smallest absolute Gasteiger partial charge is 0.244 e. The van der Waals surface area contributed by atoms with Crippen molar-refractivity contribution in [3.63, 3.8) is 0 Å². The number of fused-ring (bicyclic) bond motifs is 2. The van der Waals surface area contributed by atoms with Gasteiger partial charge in [0.25, 0.3) is 0 Å². The van der Waals surface area contributed by atoms with Crippen LogP contribution in [-0.4, -0.2) is 30.0 Å². The molecular formula is C20H17F4N3O3. The number of ether oxygens (including phenoxy) is 2. The number of amides is 1. The van der Waals surface area contributed by atoms with Gasteiger partial charge in [-0.05, 0) is 37.2 Å². The van der Waals surface area contributed by atoms with Crippen LogP contribution in [0.3, 0.4) is 0 Å². The minimum Gasteiger partial charge on any atom is -0.489 e. The van der Waals surface area contributed by atoms with Gasteiger partial charge in [0.15, 0.2) is 11.6 Å². The summed E-state index contributed by atoms with van der Waals surface area (Å²) in [5.41, 5.74) is 3.39. The maximum Gasteiger partial charge on any atom is 0.244 e. The quantitative estimate of drug-likeness (QED) is 0.771. The second-order valence-corrected chi connectivity index (χ2v) is 7.01. The van der Waals surface area contributed by atoms with E-state index in [9.17, 15) is 22.4 Å². The number of halogens is 4. The third-order valence-corrected chi connectivity index (χ3v) is 5.11. The van der Waals surface area contributed by atoms with E-state index in [-0.39, 0.29) is 36.4 Å². The molecule has 0 aromatic heterocycles. The SMILES string of the molecule is CC(=O)N1N=C(c2cc(F)ccc2F)OC12c1cc(F)cc(F)c1OCC2CCN. The molecule has 10 heteroatoms. The Balaban J connectivity index is 1.94. The molecule has 2 aliphatic heterocycles. The van der Waals surface area contributed by atoms with Crippen molar-refractivity contribution < 1.29 is 31.8 Å². The number of hydrazone groups is 1. The molecule has 6 nitrogen and oxygen atoms in total. The summed E-state index contributed by atoms with van der Waals surface area (Å²) in [7, 11) is 0. The number of nitrogens with zero attached hydrogens (tertiary/aromatic N) is 2. The molecule has 1 amide bonds. The third kappa shape index (κ3) is 2.98. The maximum atomic E-state index is 14.5. The second-order valence-electron chi connectivity index (χ2n) is 7.01. The van der Waals surface area contributed by atoms with Crippen LogP contribution in [-0.2, 0) is 15.3 Å². The summed E-state index contributed by atoms with van der Waals surface area (Å²) < 4.78 is 68.2. The van der Waals surface area contributed by atoms with Crippen LogP contribution in [0.1, 0.15) is 24.5 Å². The lowest BCUT2D eigenvalue weighted by atomic mass is 9.83. The first-order valence-electron chi connectivity index (χ1n) is 9.14. The Labute approximate surface area is 168 Å². The number of carbonyl (C=O) groups excluding carboxylic acids is 1. The number of carbonyl (C=O) groups is 1. The highest BCUT2D eigenvalue weighted by molar-refractivity contribution is 5.97.